The standard InChI is InChI=1S/C11H13N5O2/c1-15-10(17)6-9(14-11(15)18)16(2)13-7-8-4-3-5-12-8/h3-7,12H,1-2H3,(H,14,18)/b13-7-. The molecule has 0 fully saturated rings. The van der Waals surface area contributed by atoms with Crippen LogP contribution in [0.2, 0.25) is 0 Å². The van der Waals surface area contributed by atoms with E-state index in [-0.39, 0.29) is 5.56 Å². The molecule has 0 atom stereocenters. The summed E-state index contributed by atoms with van der Waals surface area (Å²) in [5.74, 6) is 0.339. The van der Waals surface area contributed by atoms with Crippen LogP contribution in [0.15, 0.2) is 39.1 Å². The number of hydrogen-bond donors (Lipinski definition) is 2. The van der Waals surface area contributed by atoms with Gasteiger partial charge in [-0.25, -0.2) is 4.79 Å². The molecule has 0 saturated carbocycles. The van der Waals surface area contributed by atoms with Gasteiger partial charge in [0.05, 0.1) is 11.9 Å². The van der Waals surface area contributed by atoms with Crippen LogP contribution in [0.1, 0.15) is 5.69 Å². The molecular weight excluding hydrogens is 234 g/mol. The van der Waals surface area contributed by atoms with Gasteiger partial charge in [-0.3, -0.25) is 19.4 Å². The van der Waals surface area contributed by atoms with E-state index in [0.717, 1.165) is 10.3 Å². The number of hydrogen-bond acceptors (Lipinski definition) is 4. The highest BCUT2D eigenvalue weighted by Gasteiger charge is 2.03. The predicted octanol–water partition coefficient (Wildman–Crippen LogP) is -0.128. The molecule has 0 radical (unpaired) electrons. The summed E-state index contributed by atoms with van der Waals surface area (Å²) in [4.78, 5) is 28.4. The second-order valence-corrected chi connectivity index (χ2v) is 3.75. The Morgan fingerprint density at radius 1 is 1.44 bits per heavy atom. The molecule has 2 N–H and O–H groups in total. The van der Waals surface area contributed by atoms with Gasteiger partial charge in [-0.05, 0) is 12.1 Å². The van der Waals surface area contributed by atoms with E-state index in [0.29, 0.717) is 5.82 Å². The zero-order valence-corrected chi connectivity index (χ0v) is 10.0. The molecule has 2 aromatic rings. The lowest BCUT2D eigenvalue weighted by molar-refractivity contribution is 0.766. The van der Waals surface area contributed by atoms with E-state index in [2.05, 4.69) is 15.1 Å². The first kappa shape index (κ1) is 11.9. The van der Waals surface area contributed by atoms with Crippen molar-refractivity contribution in [3.05, 3.63) is 50.9 Å². The molecule has 0 bridgehead atoms. The molecule has 0 saturated heterocycles. The van der Waals surface area contributed by atoms with E-state index in [4.69, 9.17) is 0 Å². The van der Waals surface area contributed by atoms with Crippen molar-refractivity contribution >= 4 is 12.0 Å². The highest BCUT2D eigenvalue weighted by Crippen LogP contribution is 2.02. The van der Waals surface area contributed by atoms with Crippen molar-refractivity contribution in [2.45, 2.75) is 0 Å². The van der Waals surface area contributed by atoms with Gasteiger partial charge < -0.3 is 4.98 Å². The second-order valence-electron chi connectivity index (χ2n) is 3.75. The summed E-state index contributed by atoms with van der Waals surface area (Å²) in [6.45, 7) is 0. The zero-order chi connectivity index (χ0) is 13.1. The lowest BCUT2D eigenvalue weighted by atomic mass is 10.5. The van der Waals surface area contributed by atoms with Gasteiger partial charge in [0.15, 0.2) is 0 Å². The maximum absolute atomic E-state index is 11.5. The van der Waals surface area contributed by atoms with Crippen molar-refractivity contribution < 1.29 is 0 Å². The zero-order valence-electron chi connectivity index (χ0n) is 10.0. The van der Waals surface area contributed by atoms with Crippen molar-refractivity contribution in [1.29, 1.82) is 0 Å². The molecule has 0 amide bonds. The minimum Gasteiger partial charge on any atom is -0.360 e. The fourth-order valence-corrected chi connectivity index (χ4v) is 1.35. The van der Waals surface area contributed by atoms with E-state index >= 15 is 0 Å². The SMILES string of the molecule is CN(/N=C\c1ccc[nH]1)c1cc(=O)n(C)c(=O)[nH]1. The first-order chi connectivity index (χ1) is 8.58. The monoisotopic (exact) mass is 247 g/mol. The number of H-pyrrole nitrogens is 2. The summed E-state index contributed by atoms with van der Waals surface area (Å²) in [6, 6.07) is 5.01. The van der Waals surface area contributed by atoms with Gasteiger partial charge in [0, 0.05) is 26.4 Å². The fraction of sp³-hybridized carbons (Fsp3) is 0.182. The summed E-state index contributed by atoms with van der Waals surface area (Å²) < 4.78 is 0.992. The number of nitrogens with zero attached hydrogens (tertiary/aromatic N) is 3. The number of anilines is 1. The van der Waals surface area contributed by atoms with Crippen LogP contribution >= 0.6 is 0 Å². The van der Waals surface area contributed by atoms with E-state index < -0.39 is 5.69 Å². The molecule has 0 spiro atoms. The third-order valence-electron chi connectivity index (χ3n) is 2.47. The number of aromatic nitrogens is 3. The van der Waals surface area contributed by atoms with Crippen molar-refractivity contribution in [3.63, 3.8) is 0 Å². The molecule has 2 aromatic heterocycles. The summed E-state index contributed by atoms with van der Waals surface area (Å²) in [6.07, 6.45) is 3.37. The summed E-state index contributed by atoms with van der Waals surface area (Å²) in [7, 11) is 3.05. The molecule has 7 heteroatoms. The Bertz CT molecular complexity index is 634. The Morgan fingerprint density at radius 3 is 2.83 bits per heavy atom. The van der Waals surface area contributed by atoms with Crippen molar-refractivity contribution in [2.75, 3.05) is 12.1 Å². The minimum atomic E-state index is -0.473. The van der Waals surface area contributed by atoms with Gasteiger partial charge in [-0.1, -0.05) is 0 Å². The van der Waals surface area contributed by atoms with Gasteiger partial charge in [-0.2, -0.15) is 5.10 Å². The maximum atomic E-state index is 11.5. The average molecular weight is 247 g/mol. The van der Waals surface area contributed by atoms with Gasteiger partial charge in [-0.15, -0.1) is 0 Å². The van der Waals surface area contributed by atoms with E-state index in [1.54, 1.807) is 19.5 Å². The first-order valence-corrected chi connectivity index (χ1v) is 5.29. The topological polar surface area (TPSA) is 86.2 Å². The molecule has 0 unspecified atom stereocenters. The fourth-order valence-electron chi connectivity index (χ4n) is 1.35. The van der Waals surface area contributed by atoms with Crippen molar-refractivity contribution in [3.8, 4) is 0 Å². The normalized spacial score (nSPS) is 11.0. The van der Waals surface area contributed by atoms with Crippen LogP contribution in [0.5, 0.6) is 0 Å². The molecule has 2 rings (SSSR count). The third kappa shape index (κ3) is 2.40. The Hall–Kier alpha value is -2.57. The summed E-state index contributed by atoms with van der Waals surface area (Å²) >= 11 is 0. The van der Waals surface area contributed by atoms with E-state index in [1.807, 2.05) is 12.1 Å². The van der Waals surface area contributed by atoms with Gasteiger partial charge in [0.25, 0.3) is 5.56 Å². The van der Waals surface area contributed by atoms with Crippen LogP contribution in [0, 0.1) is 0 Å². The molecule has 94 valence electrons. The minimum absolute atomic E-state index is 0.339. The lowest BCUT2D eigenvalue weighted by Gasteiger charge is -2.11. The van der Waals surface area contributed by atoms with Gasteiger partial charge >= 0.3 is 5.69 Å². The van der Waals surface area contributed by atoms with Crippen molar-refractivity contribution in [2.24, 2.45) is 12.1 Å². The van der Waals surface area contributed by atoms with Crippen LogP contribution in [0.25, 0.3) is 0 Å². The smallest absolute Gasteiger partial charge is 0.329 e. The van der Waals surface area contributed by atoms with Gasteiger partial charge in [0.2, 0.25) is 0 Å². The summed E-state index contributed by atoms with van der Waals surface area (Å²) in [5, 5.41) is 5.53. The van der Waals surface area contributed by atoms with E-state index in [1.165, 1.54) is 18.1 Å². The quantitative estimate of drug-likeness (QED) is 0.585. The van der Waals surface area contributed by atoms with Crippen LogP contribution in [0.4, 0.5) is 5.82 Å². The third-order valence-corrected chi connectivity index (χ3v) is 2.47. The highest BCUT2D eigenvalue weighted by atomic mass is 16.2. The highest BCUT2D eigenvalue weighted by molar-refractivity contribution is 5.77. The Kier molecular flexibility index (Phi) is 3.13. The average Bonchev–Trinajstić information content (AvgIpc) is 2.85. The van der Waals surface area contributed by atoms with Crippen LogP contribution in [-0.4, -0.2) is 27.8 Å². The Balaban J connectivity index is 2.27. The Morgan fingerprint density at radius 2 is 2.22 bits per heavy atom. The van der Waals surface area contributed by atoms with Gasteiger partial charge in [0.1, 0.15) is 5.82 Å². The molecule has 0 aliphatic heterocycles. The number of rotatable bonds is 3. The first-order valence-electron chi connectivity index (χ1n) is 5.29. The molecule has 2 heterocycles. The Labute approximate surface area is 102 Å². The molecule has 0 aromatic carbocycles. The van der Waals surface area contributed by atoms with Crippen LogP contribution in [0.3, 0.4) is 0 Å². The second kappa shape index (κ2) is 4.74. The van der Waals surface area contributed by atoms with Crippen molar-refractivity contribution in [1.82, 2.24) is 14.5 Å². The lowest BCUT2D eigenvalue weighted by Crippen LogP contribution is -2.33. The molecule has 7 nitrogen and oxygen atoms in total. The molecule has 0 aliphatic rings. The molecule has 18 heavy (non-hydrogen) atoms. The number of aromatic amines is 2. The molecule has 0 aliphatic carbocycles. The maximum Gasteiger partial charge on any atom is 0.329 e. The van der Waals surface area contributed by atoms with Crippen LogP contribution in [-0.2, 0) is 7.05 Å². The van der Waals surface area contributed by atoms with E-state index in [9.17, 15) is 9.59 Å². The number of nitrogens with one attached hydrogen (secondary N) is 2. The molecular formula is C11H13N5O2. The predicted molar refractivity (Wildman–Crippen MR) is 69.1 cm³/mol. The summed E-state index contributed by atoms with van der Waals surface area (Å²) in [5.41, 5.74) is -0.0249. The largest absolute Gasteiger partial charge is 0.360 e. The van der Waals surface area contributed by atoms with Crippen LogP contribution < -0.4 is 16.3 Å². The number of hydrazone groups is 1.